The van der Waals surface area contributed by atoms with Crippen molar-refractivity contribution in [3.05, 3.63) is 58.7 Å². The van der Waals surface area contributed by atoms with Gasteiger partial charge in [-0.2, -0.15) is 0 Å². The van der Waals surface area contributed by atoms with Crippen molar-refractivity contribution in [1.82, 2.24) is 30.2 Å². The molecule has 0 unspecified atom stereocenters. The third kappa shape index (κ3) is 4.87. The van der Waals surface area contributed by atoms with E-state index >= 15 is 0 Å². The Bertz CT molecular complexity index is 823. The van der Waals surface area contributed by atoms with Gasteiger partial charge in [0.1, 0.15) is 12.1 Å². The fourth-order valence-corrected chi connectivity index (χ4v) is 3.10. The van der Waals surface area contributed by atoms with E-state index in [1.807, 2.05) is 29.1 Å². The summed E-state index contributed by atoms with van der Waals surface area (Å²) in [5.74, 6) is 1.62. The van der Waals surface area contributed by atoms with Gasteiger partial charge in [0.05, 0.1) is 5.01 Å². The monoisotopic (exact) mass is 355 g/mol. The summed E-state index contributed by atoms with van der Waals surface area (Å²) in [7, 11) is 1.77. The van der Waals surface area contributed by atoms with E-state index in [0.717, 1.165) is 35.3 Å². The Morgan fingerprint density at radius 3 is 2.92 bits per heavy atom. The summed E-state index contributed by atoms with van der Waals surface area (Å²) in [6.07, 6.45) is 9.95. The molecule has 0 fully saturated rings. The van der Waals surface area contributed by atoms with Gasteiger partial charge in [-0.3, -0.25) is 9.56 Å². The molecule has 7 nitrogen and oxygen atoms in total. The summed E-state index contributed by atoms with van der Waals surface area (Å²) in [6.45, 7) is 3.53. The zero-order chi connectivity index (χ0) is 17.5. The largest absolute Gasteiger partial charge is 0.356 e. The van der Waals surface area contributed by atoms with Gasteiger partial charge in [0.25, 0.3) is 0 Å². The molecule has 0 aliphatic rings. The zero-order valence-corrected chi connectivity index (χ0v) is 15.1. The molecule has 3 rings (SSSR count). The van der Waals surface area contributed by atoms with Crippen LogP contribution in [0.15, 0.2) is 48.2 Å². The van der Waals surface area contributed by atoms with Gasteiger partial charge in [-0.25, -0.2) is 15.0 Å². The van der Waals surface area contributed by atoms with Crippen LogP contribution in [-0.4, -0.2) is 39.1 Å². The second-order valence-electron chi connectivity index (χ2n) is 5.46. The van der Waals surface area contributed by atoms with E-state index in [1.54, 1.807) is 37.1 Å². The summed E-state index contributed by atoms with van der Waals surface area (Å²) < 4.78 is 1.88. The van der Waals surface area contributed by atoms with E-state index in [4.69, 9.17) is 0 Å². The molecule has 0 saturated heterocycles. The van der Waals surface area contributed by atoms with Crippen molar-refractivity contribution in [2.45, 2.75) is 19.9 Å². The summed E-state index contributed by atoms with van der Waals surface area (Å²) in [6, 6.07) is 4.01. The van der Waals surface area contributed by atoms with Crippen molar-refractivity contribution in [1.29, 1.82) is 0 Å². The maximum atomic E-state index is 4.37. The average molecular weight is 355 g/mol. The van der Waals surface area contributed by atoms with Crippen LogP contribution in [0.5, 0.6) is 0 Å². The Kier molecular flexibility index (Phi) is 5.73. The molecule has 0 aromatic carbocycles. The number of pyridine rings is 1. The Balaban J connectivity index is 1.50. The zero-order valence-electron chi connectivity index (χ0n) is 14.3. The molecule has 0 spiro atoms. The smallest absolute Gasteiger partial charge is 0.191 e. The van der Waals surface area contributed by atoms with E-state index in [9.17, 15) is 0 Å². The number of hydrogen-bond donors (Lipinski definition) is 2. The summed E-state index contributed by atoms with van der Waals surface area (Å²) in [5, 5.41) is 7.77. The molecule has 3 aromatic heterocycles. The molecular formula is C17H21N7S. The highest BCUT2D eigenvalue weighted by atomic mass is 32.1. The van der Waals surface area contributed by atoms with Crippen LogP contribution >= 0.6 is 11.3 Å². The van der Waals surface area contributed by atoms with Crippen LogP contribution in [0.3, 0.4) is 0 Å². The molecule has 0 atom stereocenters. The minimum Gasteiger partial charge on any atom is -0.356 e. The van der Waals surface area contributed by atoms with Gasteiger partial charge in [0.2, 0.25) is 0 Å². The summed E-state index contributed by atoms with van der Waals surface area (Å²) in [5.41, 5.74) is 1.12. The summed E-state index contributed by atoms with van der Waals surface area (Å²) in [4.78, 5) is 18.3. The van der Waals surface area contributed by atoms with E-state index in [0.29, 0.717) is 6.54 Å². The van der Waals surface area contributed by atoms with E-state index in [2.05, 4.69) is 37.5 Å². The molecule has 0 amide bonds. The molecule has 2 N–H and O–H groups in total. The van der Waals surface area contributed by atoms with Gasteiger partial charge < -0.3 is 10.6 Å². The first-order valence-corrected chi connectivity index (χ1v) is 8.85. The maximum Gasteiger partial charge on any atom is 0.191 e. The minimum absolute atomic E-state index is 0.667. The highest BCUT2D eigenvalue weighted by Crippen LogP contribution is 2.11. The Morgan fingerprint density at radius 1 is 1.28 bits per heavy atom. The third-order valence-corrected chi connectivity index (χ3v) is 4.54. The Morgan fingerprint density at radius 2 is 2.20 bits per heavy atom. The molecule has 0 saturated carbocycles. The Labute approximate surface area is 150 Å². The van der Waals surface area contributed by atoms with Crippen LogP contribution in [-0.2, 0) is 13.0 Å². The quantitative estimate of drug-likeness (QED) is 0.522. The first-order valence-electron chi connectivity index (χ1n) is 8.03. The predicted octanol–water partition coefficient (Wildman–Crippen LogP) is 1.94. The van der Waals surface area contributed by atoms with Gasteiger partial charge in [-0.1, -0.05) is 0 Å². The number of nitrogens with one attached hydrogen (secondary N) is 2. The van der Waals surface area contributed by atoms with Gasteiger partial charge >= 0.3 is 0 Å². The van der Waals surface area contributed by atoms with Gasteiger partial charge in [0, 0.05) is 56.2 Å². The lowest BCUT2D eigenvalue weighted by Gasteiger charge is -2.12. The van der Waals surface area contributed by atoms with Crippen molar-refractivity contribution in [3.63, 3.8) is 0 Å². The van der Waals surface area contributed by atoms with Crippen LogP contribution in [0.1, 0.15) is 15.4 Å². The lowest BCUT2D eigenvalue weighted by molar-refractivity contribution is 0.790. The maximum absolute atomic E-state index is 4.37. The molecular weight excluding hydrogens is 334 g/mol. The van der Waals surface area contributed by atoms with Crippen molar-refractivity contribution in [3.8, 4) is 5.82 Å². The van der Waals surface area contributed by atoms with Crippen molar-refractivity contribution >= 4 is 17.3 Å². The molecule has 8 heteroatoms. The SMILES string of the molecule is CN=C(NCCc1ncc(C)s1)NCc1ccnc(-n2ccnc2)c1. The normalized spacial score (nSPS) is 11.5. The van der Waals surface area contributed by atoms with Crippen LogP contribution in [0.25, 0.3) is 5.82 Å². The Hall–Kier alpha value is -2.74. The topological polar surface area (TPSA) is 80.0 Å². The molecule has 3 aromatic rings. The number of nitrogens with zero attached hydrogens (tertiary/aromatic N) is 5. The van der Waals surface area contributed by atoms with E-state index in [-0.39, 0.29) is 0 Å². The summed E-state index contributed by atoms with van der Waals surface area (Å²) >= 11 is 1.73. The molecule has 3 heterocycles. The van der Waals surface area contributed by atoms with Crippen LogP contribution in [0.2, 0.25) is 0 Å². The van der Waals surface area contributed by atoms with Crippen molar-refractivity contribution in [2.24, 2.45) is 4.99 Å². The fraction of sp³-hybridized carbons (Fsp3) is 0.294. The van der Waals surface area contributed by atoms with Crippen LogP contribution in [0.4, 0.5) is 0 Å². The predicted molar refractivity (Wildman–Crippen MR) is 100 cm³/mol. The van der Waals surface area contributed by atoms with Crippen molar-refractivity contribution in [2.75, 3.05) is 13.6 Å². The number of aromatic nitrogens is 4. The van der Waals surface area contributed by atoms with E-state index in [1.165, 1.54) is 4.88 Å². The molecule has 0 aliphatic heterocycles. The third-order valence-electron chi connectivity index (χ3n) is 3.56. The molecule has 0 aliphatic carbocycles. The number of aryl methyl sites for hydroxylation is 1. The number of imidazole rings is 1. The van der Waals surface area contributed by atoms with Gasteiger partial charge in [-0.15, -0.1) is 11.3 Å². The molecule has 0 bridgehead atoms. The molecule has 0 radical (unpaired) electrons. The van der Waals surface area contributed by atoms with Crippen LogP contribution in [0, 0.1) is 6.92 Å². The highest BCUT2D eigenvalue weighted by Gasteiger charge is 2.03. The average Bonchev–Trinajstić information content (AvgIpc) is 3.30. The number of rotatable bonds is 6. The first-order chi connectivity index (χ1) is 12.2. The second kappa shape index (κ2) is 8.39. The lowest BCUT2D eigenvalue weighted by atomic mass is 10.2. The number of aliphatic imine (C=N–C) groups is 1. The standard InChI is InChI=1S/C17H21N7S/c1-13-10-22-16(25-13)4-6-21-17(18-2)23-11-14-3-5-20-15(9-14)24-8-7-19-12-24/h3,5,7-10,12H,4,6,11H2,1-2H3,(H2,18,21,23). The minimum atomic E-state index is 0.667. The number of guanidine groups is 1. The van der Waals surface area contributed by atoms with Crippen molar-refractivity contribution < 1.29 is 0 Å². The molecule has 25 heavy (non-hydrogen) atoms. The van der Waals surface area contributed by atoms with Gasteiger partial charge in [0.15, 0.2) is 5.96 Å². The lowest BCUT2D eigenvalue weighted by Crippen LogP contribution is -2.37. The second-order valence-corrected chi connectivity index (χ2v) is 6.78. The van der Waals surface area contributed by atoms with E-state index < -0.39 is 0 Å². The van der Waals surface area contributed by atoms with Gasteiger partial charge in [-0.05, 0) is 24.6 Å². The highest BCUT2D eigenvalue weighted by molar-refractivity contribution is 7.11. The number of hydrogen-bond acceptors (Lipinski definition) is 5. The molecule has 130 valence electrons. The fourth-order valence-electron chi connectivity index (χ4n) is 2.32. The first kappa shape index (κ1) is 17.1. The number of thiazole rings is 1. The van der Waals surface area contributed by atoms with Crippen LogP contribution < -0.4 is 10.6 Å².